The Hall–Kier alpha value is -0.620. The summed E-state index contributed by atoms with van der Waals surface area (Å²) in [7, 11) is 0.906. The Labute approximate surface area is 118 Å². The van der Waals surface area contributed by atoms with Crippen LogP contribution in [0.5, 0.6) is 0 Å². The third kappa shape index (κ3) is 4.76. The number of carbonyl (C=O) groups is 1. The molecule has 1 rings (SSSR count). The molecule has 5 nitrogen and oxygen atoms in total. The monoisotopic (exact) mass is 290 g/mol. The molecule has 112 valence electrons. The molecule has 1 aliphatic rings. The van der Waals surface area contributed by atoms with Crippen LogP contribution in [0.1, 0.15) is 39.5 Å². The Morgan fingerprint density at radius 1 is 1.53 bits per heavy atom. The van der Waals surface area contributed by atoms with E-state index in [4.69, 9.17) is 5.11 Å². The lowest BCUT2D eigenvalue weighted by Crippen LogP contribution is -2.49. The van der Waals surface area contributed by atoms with E-state index in [0.717, 1.165) is 25.7 Å². The van der Waals surface area contributed by atoms with Crippen molar-refractivity contribution >= 4 is 16.8 Å². The van der Waals surface area contributed by atoms with Gasteiger partial charge in [-0.1, -0.05) is 13.3 Å². The van der Waals surface area contributed by atoms with Crippen LogP contribution in [0.25, 0.3) is 0 Å². The molecule has 0 bridgehead atoms. The van der Waals surface area contributed by atoms with Gasteiger partial charge in [0.05, 0.1) is 12.6 Å². The van der Waals surface area contributed by atoms with Gasteiger partial charge in [-0.15, -0.1) is 0 Å². The van der Waals surface area contributed by atoms with Crippen LogP contribution >= 0.6 is 0 Å². The predicted molar refractivity (Wildman–Crippen MR) is 77.6 cm³/mol. The van der Waals surface area contributed by atoms with Gasteiger partial charge in [0.15, 0.2) is 0 Å². The van der Waals surface area contributed by atoms with Crippen molar-refractivity contribution in [2.45, 2.75) is 56.9 Å². The normalized spacial score (nSPS) is 26.5. The van der Waals surface area contributed by atoms with Gasteiger partial charge >= 0.3 is 6.03 Å². The number of nitrogens with one attached hydrogen (secondary N) is 1. The number of urea groups is 1. The number of hydrogen-bond donors (Lipinski definition) is 2. The highest BCUT2D eigenvalue weighted by molar-refractivity contribution is 7.85. The number of likely N-dealkylation sites (N-methyl/N-ethyl adjacent to an activating group) is 1. The van der Waals surface area contributed by atoms with Crippen molar-refractivity contribution in [2.75, 3.05) is 19.4 Å². The molecule has 0 heterocycles. The van der Waals surface area contributed by atoms with Gasteiger partial charge in [-0.05, 0) is 26.2 Å². The average molecular weight is 290 g/mol. The number of aliphatic hydroxyl groups excluding tert-OH is 1. The molecule has 4 unspecified atom stereocenters. The third-order valence-electron chi connectivity index (χ3n) is 3.86. The fourth-order valence-corrected chi connectivity index (χ4v) is 3.70. The summed E-state index contributed by atoms with van der Waals surface area (Å²) in [5.41, 5.74) is 0. The lowest BCUT2D eigenvalue weighted by molar-refractivity contribution is 0.153. The second kappa shape index (κ2) is 7.85. The predicted octanol–water partition coefficient (Wildman–Crippen LogP) is 1.09. The highest BCUT2D eigenvalue weighted by Gasteiger charge is 2.27. The van der Waals surface area contributed by atoms with Crippen molar-refractivity contribution < 1.29 is 14.1 Å². The molecular formula is C13H26N2O3S. The Bertz CT molecular complexity index is 325. The first-order valence-electron chi connectivity index (χ1n) is 7.00. The molecule has 1 saturated carbocycles. The van der Waals surface area contributed by atoms with Crippen molar-refractivity contribution in [1.82, 2.24) is 10.2 Å². The van der Waals surface area contributed by atoms with Gasteiger partial charge in [-0.25, -0.2) is 4.79 Å². The Morgan fingerprint density at radius 2 is 2.21 bits per heavy atom. The first-order chi connectivity index (χ1) is 8.99. The lowest BCUT2D eigenvalue weighted by Gasteiger charge is -2.31. The zero-order valence-corrected chi connectivity index (χ0v) is 12.9. The molecule has 0 saturated heterocycles. The van der Waals surface area contributed by atoms with E-state index >= 15 is 0 Å². The van der Waals surface area contributed by atoms with E-state index in [0.29, 0.717) is 5.75 Å². The number of amides is 2. The van der Waals surface area contributed by atoms with Gasteiger partial charge in [-0.3, -0.25) is 4.21 Å². The molecule has 0 aliphatic heterocycles. The van der Waals surface area contributed by atoms with E-state index in [-0.39, 0.29) is 30.0 Å². The second-order valence-electron chi connectivity index (χ2n) is 5.25. The number of aliphatic hydroxyl groups is 1. The van der Waals surface area contributed by atoms with Crippen LogP contribution in [0.4, 0.5) is 4.79 Å². The van der Waals surface area contributed by atoms with Gasteiger partial charge in [0.2, 0.25) is 0 Å². The maximum Gasteiger partial charge on any atom is 0.317 e. The minimum Gasteiger partial charge on any atom is -0.394 e. The number of rotatable bonds is 5. The van der Waals surface area contributed by atoms with Gasteiger partial charge in [0, 0.05) is 34.9 Å². The molecule has 1 aliphatic carbocycles. The molecule has 2 N–H and O–H groups in total. The Kier molecular flexibility index (Phi) is 6.79. The van der Waals surface area contributed by atoms with Crippen molar-refractivity contribution in [3.8, 4) is 0 Å². The second-order valence-corrected chi connectivity index (χ2v) is 7.25. The van der Waals surface area contributed by atoms with Crippen molar-refractivity contribution in [3.63, 3.8) is 0 Å². The molecule has 0 spiro atoms. The van der Waals surface area contributed by atoms with E-state index in [9.17, 15) is 9.00 Å². The fraction of sp³-hybridized carbons (Fsp3) is 0.923. The summed E-state index contributed by atoms with van der Waals surface area (Å²) >= 11 is 0. The summed E-state index contributed by atoms with van der Waals surface area (Å²) < 4.78 is 11.8. The summed E-state index contributed by atoms with van der Waals surface area (Å²) in [6.07, 6.45) is 3.76. The molecular weight excluding hydrogens is 264 g/mol. The minimum atomic E-state index is -0.775. The standard InChI is InChI=1S/C13H26N2O3S/c1-4-19(18)12-7-5-6-11(8-12)14-13(17)15(3)10(2)9-16/h10-12,16H,4-9H2,1-3H3,(H,14,17). The summed E-state index contributed by atoms with van der Waals surface area (Å²) in [6, 6.07) is -0.242. The van der Waals surface area contributed by atoms with Gasteiger partial charge in [0.25, 0.3) is 0 Å². The summed E-state index contributed by atoms with van der Waals surface area (Å²) in [5, 5.41) is 12.2. The Morgan fingerprint density at radius 3 is 2.79 bits per heavy atom. The molecule has 2 amide bonds. The van der Waals surface area contributed by atoms with E-state index in [2.05, 4.69) is 5.32 Å². The zero-order chi connectivity index (χ0) is 14.4. The molecule has 19 heavy (non-hydrogen) atoms. The van der Waals surface area contributed by atoms with Crippen molar-refractivity contribution in [3.05, 3.63) is 0 Å². The van der Waals surface area contributed by atoms with Crippen LogP contribution in [0.3, 0.4) is 0 Å². The van der Waals surface area contributed by atoms with Crippen molar-refractivity contribution in [2.24, 2.45) is 0 Å². The minimum absolute atomic E-state index is 0.0446. The molecule has 0 aromatic rings. The molecule has 4 atom stereocenters. The molecule has 6 heteroatoms. The first kappa shape index (κ1) is 16.4. The molecule has 0 aromatic heterocycles. The van der Waals surface area contributed by atoms with Crippen LogP contribution in [-0.4, -0.2) is 57.0 Å². The first-order valence-corrected chi connectivity index (χ1v) is 8.39. The topological polar surface area (TPSA) is 69.6 Å². The molecule has 1 fully saturated rings. The lowest BCUT2D eigenvalue weighted by atomic mass is 9.95. The molecule has 0 radical (unpaired) electrons. The maximum atomic E-state index is 12.0. The highest BCUT2D eigenvalue weighted by Crippen LogP contribution is 2.23. The van der Waals surface area contributed by atoms with Crippen LogP contribution in [0, 0.1) is 0 Å². The van der Waals surface area contributed by atoms with Gasteiger partial charge in [-0.2, -0.15) is 0 Å². The summed E-state index contributed by atoms with van der Waals surface area (Å²) in [5.74, 6) is 0.687. The van der Waals surface area contributed by atoms with Crippen LogP contribution in [-0.2, 0) is 10.8 Å². The third-order valence-corrected chi connectivity index (χ3v) is 5.60. The average Bonchev–Trinajstić information content (AvgIpc) is 2.44. The zero-order valence-electron chi connectivity index (χ0n) is 12.1. The van der Waals surface area contributed by atoms with E-state index in [1.54, 1.807) is 14.0 Å². The van der Waals surface area contributed by atoms with Gasteiger partial charge in [0.1, 0.15) is 0 Å². The smallest absolute Gasteiger partial charge is 0.317 e. The quantitative estimate of drug-likeness (QED) is 0.796. The largest absolute Gasteiger partial charge is 0.394 e. The van der Waals surface area contributed by atoms with E-state index in [1.807, 2.05) is 6.92 Å². The fourth-order valence-electron chi connectivity index (χ4n) is 2.35. The number of nitrogens with zero attached hydrogens (tertiary/aromatic N) is 1. The van der Waals surface area contributed by atoms with E-state index < -0.39 is 10.8 Å². The molecule has 0 aromatic carbocycles. The van der Waals surface area contributed by atoms with Crippen LogP contribution in [0.2, 0.25) is 0 Å². The summed E-state index contributed by atoms with van der Waals surface area (Å²) in [6.45, 7) is 3.70. The Balaban J connectivity index is 2.48. The summed E-state index contributed by atoms with van der Waals surface area (Å²) in [4.78, 5) is 13.5. The SMILES string of the molecule is CCS(=O)C1CCCC(NC(=O)N(C)C(C)CO)C1. The van der Waals surface area contributed by atoms with Crippen LogP contribution in [0.15, 0.2) is 0 Å². The van der Waals surface area contributed by atoms with E-state index in [1.165, 1.54) is 4.90 Å². The van der Waals surface area contributed by atoms with Crippen LogP contribution < -0.4 is 5.32 Å². The van der Waals surface area contributed by atoms with Gasteiger partial charge < -0.3 is 15.3 Å². The highest BCUT2D eigenvalue weighted by atomic mass is 32.2. The maximum absolute atomic E-state index is 12.0. The van der Waals surface area contributed by atoms with Crippen molar-refractivity contribution in [1.29, 1.82) is 0 Å². The number of carbonyl (C=O) groups excluding carboxylic acids is 1. The number of hydrogen-bond acceptors (Lipinski definition) is 3.